The van der Waals surface area contributed by atoms with Crippen LogP contribution in [0.5, 0.6) is 11.5 Å². The molecule has 0 aliphatic carbocycles. The van der Waals surface area contributed by atoms with Crippen molar-refractivity contribution >= 4 is 11.8 Å². The second-order valence-electron chi connectivity index (χ2n) is 8.68. The molecule has 2 fully saturated rings. The third kappa shape index (κ3) is 5.11. The second-order valence-corrected chi connectivity index (χ2v) is 8.68. The summed E-state index contributed by atoms with van der Waals surface area (Å²) in [6.07, 6.45) is 4.22. The number of hydrogen-bond acceptors (Lipinski definition) is 6. The number of likely N-dealkylation sites (tertiary alicyclic amines) is 1. The molecule has 2 amide bonds. The Bertz CT molecular complexity index is 984. The zero-order valence-corrected chi connectivity index (χ0v) is 19.6. The summed E-state index contributed by atoms with van der Waals surface area (Å²) in [4.78, 5) is 36.3. The number of rotatable bonds is 7. The van der Waals surface area contributed by atoms with E-state index in [2.05, 4.69) is 9.88 Å². The monoisotopic (exact) mass is 452 g/mol. The minimum atomic E-state index is -0.253. The molecule has 3 heterocycles. The lowest BCUT2D eigenvalue weighted by Gasteiger charge is -2.40. The molecule has 33 heavy (non-hydrogen) atoms. The van der Waals surface area contributed by atoms with E-state index in [1.807, 2.05) is 44.3 Å². The van der Waals surface area contributed by atoms with E-state index >= 15 is 0 Å². The van der Waals surface area contributed by atoms with E-state index in [0.717, 1.165) is 29.8 Å². The molecule has 0 radical (unpaired) electrons. The van der Waals surface area contributed by atoms with Crippen molar-refractivity contribution in [3.8, 4) is 11.5 Å². The molecule has 8 heteroatoms. The summed E-state index contributed by atoms with van der Waals surface area (Å²) >= 11 is 0. The first kappa shape index (κ1) is 23.0. The zero-order valence-electron chi connectivity index (χ0n) is 19.6. The summed E-state index contributed by atoms with van der Waals surface area (Å²) in [5.74, 6) is 1.21. The zero-order chi connectivity index (χ0) is 23.4. The highest BCUT2D eigenvalue weighted by molar-refractivity contribution is 5.89. The van der Waals surface area contributed by atoms with Crippen molar-refractivity contribution in [2.75, 3.05) is 40.4 Å². The van der Waals surface area contributed by atoms with Crippen molar-refractivity contribution in [2.24, 2.45) is 5.92 Å². The van der Waals surface area contributed by atoms with Gasteiger partial charge < -0.3 is 19.3 Å². The summed E-state index contributed by atoms with van der Waals surface area (Å²) in [6, 6.07) is 9.68. The van der Waals surface area contributed by atoms with Crippen LogP contribution in [0.2, 0.25) is 0 Å². The molecular weight excluding hydrogens is 420 g/mol. The van der Waals surface area contributed by atoms with Gasteiger partial charge in [-0.15, -0.1) is 0 Å². The highest BCUT2D eigenvalue weighted by Gasteiger charge is 2.43. The predicted molar refractivity (Wildman–Crippen MR) is 124 cm³/mol. The van der Waals surface area contributed by atoms with E-state index in [4.69, 9.17) is 9.47 Å². The number of carbonyl (C=O) groups excluding carboxylic acids is 2. The lowest BCUT2D eigenvalue weighted by atomic mass is 9.90. The van der Waals surface area contributed by atoms with Gasteiger partial charge in [-0.05, 0) is 42.7 Å². The number of carbonyl (C=O) groups is 2. The fraction of sp³-hybridized carbons (Fsp3) is 0.480. The number of piperidine rings is 1. The standard InChI is InChI=1S/C25H32N4O4/c1-4-33-22-8-7-18(12-23(22)32-3)14-28-11-9-21-20(16-28)25(31)29(17-24(30)27(21)2)15-19-6-5-10-26-13-19/h5-8,10,12-13,20-21H,4,9,11,14-17H2,1-3H3/t20-,21+/m0/s1. The summed E-state index contributed by atoms with van der Waals surface area (Å²) in [7, 11) is 3.47. The normalized spacial score (nSPS) is 21.5. The molecule has 2 aromatic rings. The van der Waals surface area contributed by atoms with Gasteiger partial charge in [0.25, 0.3) is 0 Å². The molecule has 0 unspecified atom stereocenters. The first-order valence-corrected chi connectivity index (χ1v) is 11.5. The van der Waals surface area contributed by atoms with Crippen LogP contribution in [0, 0.1) is 5.92 Å². The second kappa shape index (κ2) is 10.2. The molecule has 0 N–H and O–H groups in total. The molecule has 0 spiro atoms. The maximum absolute atomic E-state index is 13.6. The molecule has 2 aliphatic rings. The van der Waals surface area contributed by atoms with Crippen LogP contribution in [0.4, 0.5) is 0 Å². The Morgan fingerprint density at radius 2 is 1.97 bits per heavy atom. The number of nitrogens with zero attached hydrogens (tertiary/aromatic N) is 4. The van der Waals surface area contributed by atoms with Crippen LogP contribution in [0.15, 0.2) is 42.7 Å². The third-order valence-electron chi connectivity index (χ3n) is 6.54. The van der Waals surface area contributed by atoms with Crippen molar-refractivity contribution in [3.63, 3.8) is 0 Å². The summed E-state index contributed by atoms with van der Waals surface area (Å²) < 4.78 is 11.1. The van der Waals surface area contributed by atoms with Gasteiger partial charge in [-0.1, -0.05) is 12.1 Å². The van der Waals surface area contributed by atoms with E-state index < -0.39 is 0 Å². The molecule has 1 aromatic carbocycles. The van der Waals surface area contributed by atoms with Gasteiger partial charge in [0.1, 0.15) is 6.54 Å². The van der Waals surface area contributed by atoms with Crippen LogP contribution in [0.3, 0.4) is 0 Å². The number of benzene rings is 1. The largest absolute Gasteiger partial charge is 0.493 e. The van der Waals surface area contributed by atoms with E-state index in [1.165, 1.54) is 0 Å². The predicted octanol–water partition coefficient (Wildman–Crippen LogP) is 2.18. The first-order valence-electron chi connectivity index (χ1n) is 11.5. The lowest BCUT2D eigenvalue weighted by molar-refractivity contribution is -0.138. The Balaban J connectivity index is 1.50. The van der Waals surface area contributed by atoms with Crippen LogP contribution in [0.25, 0.3) is 0 Å². The Morgan fingerprint density at radius 3 is 2.70 bits per heavy atom. The molecule has 2 saturated heterocycles. The Kier molecular flexibility index (Phi) is 7.13. The van der Waals surface area contributed by atoms with Crippen LogP contribution in [-0.4, -0.2) is 77.9 Å². The minimum absolute atomic E-state index is 0.00978. The SMILES string of the molecule is CCOc1ccc(CN2CC[C@@H]3[C@H](C2)C(=O)N(Cc2cccnc2)CC(=O)N3C)cc1OC. The smallest absolute Gasteiger partial charge is 0.242 e. The molecule has 8 nitrogen and oxygen atoms in total. The van der Waals surface area contributed by atoms with Crippen molar-refractivity contribution in [1.82, 2.24) is 19.7 Å². The number of fused-ring (bicyclic) bond motifs is 1. The summed E-state index contributed by atoms with van der Waals surface area (Å²) in [5, 5.41) is 0. The maximum atomic E-state index is 13.6. The number of methoxy groups -OCH3 is 1. The van der Waals surface area contributed by atoms with E-state index in [0.29, 0.717) is 32.0 Å². The van der Waals surface area contributed by atoms with Crippen LogP contribution < -0.4 is 9.47 Å². The number of hydrogen-bond donors (Lipinski definition) is 0. The number of amides is 2. The van der Waals surface area contributed by atoms with E-state index in [1.54, 1.807) is 29.3 Å². The van der Waals surface area contributed by atoms with Crippen molar-refractivity contribution < 1.29 is 19.1 Å². The Labute approximate surface area is 195 Å². The van der Waals surface area contributed by atoms with Gasteiger partial charge >= 0.3 is 0 Å². The van der Waals surface area contributed by atoms with Gasteiger partial charge in [-0.2, -0.15) is 0 Å². The van der Waals surface area contributed by atoms with E-state index in [-0.39, 0.29) is 30.3 Å². The maximum Gasteiger partial charge on any atom is 0.242 e. The van der Waals surface area contributed by atoms with Crippen LogP contribution >= 0.6 is 0 Å². The van der Waals surface area contributed by atoms with Crippen molar-refractivity contribution in [3.05, 3.63) is 53.9 Å². The molecule has 4 rings (SSSR count). The molecule has 0 bridgehead atoms. The van der Waals surface area contributed by atoms with Gasteiger partial charge in [-0.25, -0.2) is 0 Å². The highest BCUT2D eigenvalue weighted by Crippen LogP contribution is 2.31. The van der Waals surface area contributed by atoms with Crippen LogP contribution in [-0.2, 0) is 22.7 Å². The third-order valence-corrected chi connectivity index (χ3v) is 6.54. The minimum Gasteiger partial charge on any atom is -0.493 e. The molecular formula is C25H32N4O4. The van der Waals surface area contributed by atoms with E-state index in [9.17, 15) is 9.59 Å². The van der Waals surface area contributed by atoms with Gasteiger partial charge in [-0.3, -0.25) is 19.5 Å². The first-order chi connectivity index (χ1) is 16.0. The number of ether oxygens (including phenoxy) is 2. The molecule has 176 valence electrons. The summed E-state index contributed by atoms with van der Waals surface area (Å²) in [5.41, 5.74) is 2.03. The average Bonchev–Trinajstić information content (AvgIpc) is 2.91. The fourth-order valence-electron chi connectivity index (χ4n) is 4.82. The topological polar surface area (TPSA) is 75.2 Å². The average molecular weight is 453 g/mol. The van der Waals surface area contributed by atoms with Crippen LogP contribution in [0.1, 0.15) is 24.5 Å². The highest BCUT2D eigenvalue weighted by atomic mass is 16.5. The molecule has 2 aliphatic heterocycles. The van der Waals surface area contributed by atoms with Gasteiger partial charge in [0.2, 0.25) is 11.8 Å². The molecule has 1 aromatic heterocycles. The molecule has 2 atom stereocenters. The number of likely N-dealkylation sites (N-methyl/N-ethyl adjacent to an activating group) is 1. The van der Waals surface area contributed by atoms with Crippen molar-refractivity contribution in [2.45, 2.75) is 32.5 Å². The summed E-state index contributed by atoms with van der Waals surface area (Å²) in [6.45, 7) is 5.16. The van der Waals surface area contributed by atoms with Gasteiger partial charge in [0, 0.05) is 51.7 Å². The van der Waals surface area contributed by atoms with Gasteiger partial charge in [0.05, 0.1) is 19.6 Å². The Morgan fingerprint density at radius 1 is 1.12 bits per heavy atom. The quantitative estimate of drug-likeness (QED) is 0.641. The number of aromatic nitrogens is 1. The number of pyridine rings is 1. The lowest BCUT2D eigenvalue weighted by Crippen LogP contribution is -2.53. The Hall–Kier alpha value is -3.13. The van der Waals surface area contributed by atoms with Crippen molar-refractivity contribution in [1.29, 1.82) is 0 Å². The van der Waals surface area contributed by atoms with Gasteiger partial charge in [0.15, 0.2) is 11.5 Å². The molecule has 0 saturated carbocycles. The fourth-order valence-corrected chi connectivity index (χ4v) is 4.82.